The molecule has 0 saturated carbocycles. The van der Waals surface area contributed by atoms with E-state index in [1.807, 2.05) is 23.6 Å². The molecule has 2 amide bonds. The SMILES string of the molecule is CC(CNC(=O)N1CCSC(C)(C)CC1)CC(=O)O. The average molecular weight is 288 g/mol. The smallest absolute Gasteiger partial charge is 0.317 e. The Balaban J connectivity index is 2.35. The van der Waals surface area contributed by atoms with Gasteiger partial charge in [0.25, 0.3) is 0 Å². The fraction of sp³-hybridized carbons (Fsp3) is 0.846. The van der Waals surface area contributed by atoms with Crippen LogP contribution in [0.4, 0.5) is 4.79 Å². The molecule has 1 saturated heterocycles. The van der Waals surface area contributed by atoms with E-state index in [1.54, 1.807) is 0 Å². The minimum atomic E-state index is -0.824. The number of carboxylic acid groups (broad SMARTS) is 1. The maximum absolute atomic E-state index is 12.0. The largest absolute Gasteiger partial charge is 0.481 e. The molecule has 0 aromatic heterocycles. The molecule has 2 N–H and O–H groups in total. The number of hydrogen-bond donors (Lipinski definition) is 2. The molecule has 19 heavy (non-hydrogen) atoms. The standard InChI is InChI=1S/C13H24N2O3S/c1-10(8-11(16)17)9-14-12(18)15-5-4-13(2,3)19-7-6-15/h10H,4-9H2,1-3H3,(H,14,18)(H,16,17). The van der Waals surface area contributed by atoms with Gasteiger partial charge in [0.2, 0.25) is 0 Å². The number of aliphatic carboxylic acids is 1. The first kappa shape index (κ1) is 16.1. The summed E-state index contributed by atoms with van der Waals surface area (Å²) in [4.78, 5) is 24.4. The van der Waals surface area contributed by atoms with E-state index in [-0.39, 0.29) is 23.1 Å². The highest BCUT2D eigenvalue weighted by Gasteiger charge is 2.25. The van der Waals surface area contributed by atoms with Crippen molar-refractivity contribution in [2.24, 2.45) is 5.92 Å². The third kappa shape index (κ3) is 6.18. The molecule has 5 nitrogen and oxygen atoms in total. The maximum atomic E-state index is 12.0. The highest BCUT2D eigenvalue weighted by molar-refractivity contribution is 8.00. The first-order chi connectivity index (χ1) is 8.80. The third-order valence-corrected chi connectivity index (χ3v) is 4.62. The van der Waals surface area contributed by atoms with Gasteiger partial charge in [0.1, 0.15) is 0 Å². The first-order valence-electron chi connectivity index (χ1n) is 6.69. The Morgan fingerprint density at radius 3 is 2.74 bits per heavy atom. The lowest BCUT2D eigenvalue weighted by Gasteiger charge is -2.23. The summed E-state index contributed by atoms with van der Waals surface area (Å²) >= 11 is 1.90. The van der Waals surface area contributed by atoms with Crippen molar-refractivity contribution in [2.45, 2.75) is 38.4 Å². The van der Waals surface area contributed by atoms with Gasteiger partial charge >= 0.3 is 12.0 Å². The van der Waals surface area contributed by atoms with Gasteiger partial charge in [0.05, 0.1) is 0 Å². The van der Waals surface area contributed by atoms with Crippen molar-refractivity contribution in [1.29, 1.82) is 0 Å². The van der Waals surface area contributed by atoms with Crippen LogP contribution < -0.4 is 5.32 Å². The molecule has 0 radical (unpaired) electrons. The molecule has 1 aliphatic rings. The van der Waals surface area contributed by atoms with Crippen LogP contribution in [-0.4, -0.2) is 52.1 Å². The average Bonchev–Trinajstić information content (AvgIpc) is 2.46. The summed E-state index contributed by atoms with van der Waals surface area (Å²) in [6, 6.07) is -0.0736. The van der Waals surface area contributed by atoms with Crippen molar-refractivity contribution in [3.63, 3.8) is 0 Å². The van der Waals surface area contributed by atoms with Crippen molar-refractivity contribution in [3.05, 3.63) is 0 Å². The second kappa shape index (κ2) is 7.03. The molecule has 0 spiro atoms. The molecule has 0 bridgehead atoms. The lowest BCUT2D eigenvalue weighted by Crippen LogP contribution is -2.43. The lowest BCUT2D eigenvalue weighted by atomic mass is 10.1. The number of nitrogens with zero attached hydrogens (tertiary/aromatic N) is 1. The summed E-state index contributed by atoms with van der Waals surface area (Å²) in [5.74, 6) is 0.0828. The fourth-order valence-electron chi connectivity index (χ4n) is 1.97. The van der Waals surface area contributed by atoms with Crippen LogP contribution in [0.25, 0.3) is 0 Å². The first-order valence-corrected chi connectivity index (χ1v) is 7.67. The molecule has 0 aromatic carbocycles. The van der Waals surface area contributed by atoms with Gasteiger partial charge in [0.15, 0.2) is 0 Å². The molecule has 1 fully saturated rings. The van der Waals surface area contributed by atoms with Gasteiger partial charge in [-0.05, 0) is 12.3 Å². The number of urea groups is 1. The normalized spacial score (nSPS) is 20.5. The summed E-state index contributed by atoms with van der Waals surface area (Å²) in [5.41, 5.74) is 0. The monoisotopic (exact) mass is 288 g/mol. The molecule has 1 heterocycles. The van der Waals surface area contributed by atoms with Crippen LogP contribution in [0.3, 0.4) is 0 Å². The molecule has 1 rings (SSSR count). The zero-order chi connectivity index (χ0) is 14.5. The lowest BCUT2D eigenvalue weighted by molar-refractivity contribution is -0.137. The fourth-order valence-corrected chi connectivity index (χ4v) is 3.07. The van der Waals surface area contributed by atoms with E-state index in [1.165, 1.54) is 0 Å². The quantitative estimate of drug-likeness (QED) is 0.830. The zero-order valence-electron chi connectivity index (χ0n) is 11.9. The second-order valence-corrected chi connectivity index (χ2v) is 7.54. The van der Waals surface area contributed by atoms with Crippen LogP contribution in [0.5, 0.6) is 0 Å². The number of amides is 2. The number of nitrogens with one attached hydrogen (secondary N) is 1. The molecule has 110 valence electrons. The van der Waals surface area contributed by atoms with Gasteiger partial charge in [-0.25, -0.2) is 4.79 Å². The summed E-state index contributed by atoms with van der Waals surface area (Å²) in [5, 5.41) is 11.5. The molecule has 0 aromatic rings. The van der Waals surface area contributed by atoms with Gasteiger partial charge in [-0.15, -0.1) is 0 Å². The molecular formula is C13H24N2O3S. The van der Waals surface area contributed by atoms with Crippen molar-refractivity contribution in [3.8, 4) is 0 Å². The molecule has 1 atom stereocenters. The predicted molar refractivity (Wildman–Crippen MR) is 77.5 cm³/mol. The highest BCUT2D eigenvalue weighted by Crippen LogP contribution is 2.30. The molecule has 6 heteroatoms. The Bertz CT molecular complexity index is 334. The van der Waals surface area contributed by atoms with Crippen LogP contribution in [0.15, 0.2) is 0 Å². The predicted octanol–water partition coefficient (Wildman–Crippen LogP) is 2.02. The second-order valence-electron chi connectivity index (χ2n) is 5.73. The van der Waals surface area contributed by atoms with Crippen LogP contribution in [0.1, 0.15) is 33.6 Å². The van der Waals surface area contributed by atoms with Crippen molar-refractivity contribution in [2.75, 3.05) is 25.4 Å². The van der Waals surface area contributed by atoms with Crippen LogP contribution in [0.2, 0.25) is 0 Å². The molecule has 0 aliphatic carbocycles. The Morgan fingerprint density at radius 2 is 2.11 bits per heavy atom. The minimum absolute atomic E-state index is 0.0424. The van der Waals surface area contributed by atoms with E-state index in [0.717, 1.165) is 25.3 Å². The third-order valence-electron chi connectivity index (χ3n) is 3.25. The summed E-state index contributed by atoms with van der Waals surface area (Å²) in [6.45, 7) is 8.17. The zero-order valence-corrected chi connectivity index (χ0v) is 12.8. The maximum Gasteiger partial charge on any atom is 0.317 e. The number of carbonyl (C=O) groups is 2. The molecular weight excluding hydrogens is 264 g/mol. The summed E-state index contributed by atoms with van der Waals surface area (Å²) in [7, 11) is 0. The van der Waals surface area contributed by atoms with E-state index in [9.17, 15) is 9.59 Å². The minimum Gasteiger partial charge on any atom is -0.481 e. The summed E-state index contributed by atoms with van der Waals surface area (Å²) in [6.07, 6.45) is 1.07. The van der Waals surface area contributed by atoms with Crippen molar-refractivity contribution < 1.29 is 14.7 Å². The van der Waals surface area contributed by atoms with Crippen molar-refractivity contribution >= 4 is 23.8 Å². The number of carbonyl (C=O) groups excluding carboxylic acids is 1. The molecule has 1 aliphatic heterocycles. The highest BCUT2D eigenvalue weighted by atomic mass is 32.2. The van der Waals surface area contributed by atoms with Gasteiger partial charge < -0.3 is 15.3 Å². The Kier molecular flexibility index (Phi) is 5.97. The van der Waals surface area contributed by atoms with E-state index in [2.05, 4.69) is 19.2 Å². The van der Waals surface area contributed by atoms with E-state index < -0.39 is 5.97 Å². The van der Waals surface area contributed by atoms with Crippen LogP contribution >= 0.6 is 11.8 Å². The van der Waals surface area contributed by atoms with Crippen LogP contribution in [-0.2, 0) is 4.79 Å². The van der Waals surface area contributed by atoms with Gasteiger partial charge in [0, 0.05) is 36.6 Å². The number of hydrogen-bond acceptors (Lipinski definition) is 3. The van der Waals surface area contributed by atoms with E-state index >= 15 is 0 Å². The number of rotatable bonds is 4. The van der Waals surface area contributed by atoms with Gasteiger partial charge in [-0.3, -0.25) is 4.79 Å². The summed E-state index contributed by atoms with van der Waals surface area (Å²) < 4.78 is 0.228. The Morgan fingerprint density at radius 1 is 1.42 bits per heavy atom. The van der Waals surface area contributed by atoms with Crippen molar-refractivity contribution in [1.82, 2.24) is 10.2 Å². The van der Waals surface area contributed by atoms with E-state index in [4.69, 9.17) is 5.11 Å². The Hall–Kier alpha value is -0.910. The number of thioether (sulfide) groups is 1. The topological polar surface area (TPSA) is 69.6 Å². The molecule has 1 unspecified atom stereocenters. The van der Waals surface area contributed by atoms with Crippen LogP contribution in [0, 0.1) is 5.92 Å². The Labute approximate surface area is 119 Å². The van der Waals surface area contributed by atoms with Gasteiger partial charge in [-0.1, -0.05) is 20.8 Å². The van der Waals surface area contributed by atoms with Gasteiger partial charge in [-0.2, -0.15) is 11.8 Å². The van der Waals surface area contributed by atoms with E-state index in [0.29, 0.717) is 6.54 Å². The number of carboxylic acids is 1.